The van der Waals surface area contributed by atoms with Crippen LogP contribution in [0.2, 0.25) is 5.02 Å². The maximum Gasteiger partial charge on any atom is 0.310 e. The largest absolute Gasteiger partial charge is 0.481 e. The van der Waals surface area contributed by atoms with Gasteiger partial charge in [0.25, 0.3) is 0 Å². The summed E-state index contributed by atoms with van der Waals surface area (Å²) < 4.78 is 13.1. The van der Waals surface area contributed by atoms with Gasteiger partial charge in [-0.15, -0.1) is 0 Å². The van der Waals surface area contributed by atoms with Crippen molar-refractivity contribution >= 4 is 28.5 Å². The molecule has 3 aromatic rings. The Kier molecular flexibility index (Phi) is 3.62. The number of H-pyrrole nitrogens is 1. The monoisotopic (exact) mass is 317 g/mol. The van der Waals surface area contributed by atoms with E-state index in [0.29, 0.717) is 16.3 Å². The van der Waals surface area contributed by atoms with Crippen molar-refractivity contribution in [3.05, 3.63) is 58.9 Å². The smallest absolute Gasteiger partial charge is 0.310 e. The molecule has 1 heterocycles. The Morgan fingerprint density at radius 2 is 1.91 bits per heavy atom. The molecule has 112 valence electrons. The van der Waals surface area contributed by atoms with Crippen LogP contribution >= 0.6 is 11.6 Å². The van der Waals surface area contributed by atoms with Gasteiger partial charge in [-0.2, -0.15) is 0 Å². The van der Waals surface area contributed by atoms with E-state index < -0.39 is 11.9 Å². The third-order valence-electron chi connectivity index (χ3n) is 3.74. The van der Waals surface area contributed by atoms with Crippen LogP contribution in [0.15, 0.2) is 42.5 Å². The van der Waals surface area contributed by atoms with Gasteiger partial charge in [0.2, 0.25) is 0 Å². The summed E-state index contributed by atoms with van der Waals surface area (Å²) in [4.78, 5) is 14.7. The Morgan fingerprint density at radius 3 is 2.55 bits per heavy atom. The summed E-state index contributed by atoms with van der Waals surface area (Å²) in [6, 6.07) is 11.2. The number of carboxylic acid groups (broad SMARTS) is 1. The lowest BCUT2D eigenvalue weighted by Crippen LogP contribution is -2.08. The molecule has 2 aromatic carbocycles. The molecule has 0 bridgehead atoms. The minimum atomic E-state index is -0.927. The molecular formula is C17H13ClFNO2. The average molecular weight is 318 g/mol. The molecule has 0 amide bonds. The summed E-state index contributed by atoms with van der Waals surface area (Å²) >= 11 is 6.04. The molecular weight excluding hydrogens is 305 g/mol. The van der Waals surface area contributed by atoms with Crippen LogP contribution in [-0.4, -0.2) is 16.1 Å². The lowest BCUT2D eigenvalue weighted by molar-refractivity contribution is -0.138. The van der Waals surface area contributed by atoms with Crippen molar-refractivity contribution in [3.63, 3.8) is 0 Å². The third-order valence-corrected chi connectivity index (χ3v) is 3.97. The van der Waals surface area contributed by atoms with Crippen LogP contribution in [0, 0.1) is 5.82 Å². The van der Waals surface area contributed by atoms with Crippen molar-refractivity contribution in [2.45, 2.75) is 12.8 Å². The number of nitrogens with one attached hydrogen (secondary N) is 1. The number of aliphatic carboxylic acids is 1. The minimum absolute atomic E-state index is 0.337. The predicted octanol–water partition coefficient (Wildman–Crippen LogP) is 4.82. The Balaban J connectivity index is 2.31. The molecule has 0 aliphatic rings. The average Bonchev–Trinajstić information content (AvgIpc) is 2.85. The normalized spacial score (nSPS) is 12.5. The first kappa shape index (κ1) is 14.6. The second kappa shape index (κ2) is 5.46. The van der Waals surface area contributed by atoms with Crippen LogP contribution in [0.3, 0.4) is 0 Å². The number of carbonyl (C=O) groups is 1. The van der Waals surface area contributed by atoms with Gasteiger partial charge in [-0.25, -0.2) is 4.39 Å². The van der Waals surface area contributed by atoms with E-state index in [1.54, 1.807) is 31.2 Å². The van der Waals surface area contributed by atoms with E-state index in [-0.39, 0.29) is 5.82 Å². The summed E-state index contributed by atoms with van der Waals surface area (Å²) in [6.07, 6.45) is 0. The van der Waals surface area contributed by atoms with Crippen LogP contribution in [0.4, 0.5) is 4.39 Å². The van der Waals surface area contributed by atoms with Gasteiger partial charge in [0.05, 0.1) is 11.6 Å². The third kappa shape index (κ3) is 2.46. The minimum Gasteiger partial charge on any atom is -0.481 e. The first-order valence-corrected chi connectivity index (χ1v) is 7.15. The molecule has 5 heteroatoms. The number of aromatic amines is 1. The van der Waals surface area contributed by atoms with Gasteiger partial charge in [0, 0.05) is 15.9 Å². The fraction of sp³-hybridized carbons (Fsp3) is 0.118. The van der Waals surface area contributed by atoms with Crippen molar-refractivity contribution in [1.29, 1.82) is 0 Å². The van der Waals surface area contributed by atoms with E-state index in [4.69, 9.17) is 11.6 Å². The van der Waals surface area contributed by atoms with E-state index in [1.165, 1.54) is 12.1 Å². The first-order valence-electron chi connectivity index (χ1n) is 6.77. The molecule has 0 fully saturated rings. The summed E-state index contributed by atoms with van der Waals surface area (Å²) in [5, 5.41) is 10.7. The SMILES string of the molecule is CC(C(=O)O)c1c(-c2ccc(F)cc2)[nH]c2ccc(Cl)cc12. The van der Waals surface area contributed by atoms with E-state index >= 15 is 0 Å². The number of benzene rings is 2. The van der Waals surface area contributed by atoms with Crippen LogP contribution in [0.5, 0.6) is 0 Å². The fourth-order valence-corrected chi connectivity index (χ4v) is 2.77. The highest BCUT2D eigenvalue weighted by molar-refractivity contribution is 6.31. The predicted molar refractivity (Wildman–Crippen MR) is 84.8 cm³/mol. The Morgan fingerprint density at radius 1 is 1.23 bits per heavy atom. The molecule has 0 aliphatic carbocycles. The molecule has 1 aromatic heterocycles. The Bertz CT molecular complexity index is 855. The van der Waals surface area contributed by atoms with Crippen molar-refractivity contribution in [1.82, 2.24) is 4.98 Å². The standard InChI is InChI=1S/C17H13ClFNO2/c1-9(17(21)22)15-13-8-11(18)4-7-14(13)20-16(15)10-2-5-12(19)6-3-10/h2-9,20H,1H3,(H,21,22). The fourth-order valence-electron chi connectivity index (χ4n) is 2.60. The summed E-state index contributed by atoms with van der Waals surface area (Å²) in [7, 11) is 0. The van der Waals surface area contributed by atoms with Gasteiger partial charge in [-0.05, 0) is 60.5 Å². The number of hydrogen-bond donors (Lipinski definition) is 2. The zero-order chi connectivity index (χ0) is 15.9. The number of hydrogen-bond acceptors (Lipinski definition) is 1. The molecule has 2 N–H and O–H groups in total. The van der Waals surface area contributed by atoms with Crippen molar-refractivity contribution in [2.24, 2.45) is 0 Å². The molecule has 22 heavy (non-hydrogen) atoms. The highest BCUT2D eigenvalue weighted by Gasteiger charge is 2.23. The molecule has 0 aliphatic heterocycles. The molecule has 0 spiro atoms. The second-order valence-corrected chi connectivity index (χ2v) is 5.61. The Labute approximate surface area is 131 Å². The second-order valence-electron chi connectivity index (χ2n) is 5.17. The number of fused-ring (bicyclic) bond motifs is 1. The lowest BCUT2D eigenvalue weighted by Gasteiger charge is -2.09. The van der Waals surface area contributed by atoms with Crippen LogP contribution in [0.25, 0.3) is 22.2 Å². The van der Waals surface area contributed by atoms with E-state index in [9.17, 15) is 14.3 Å². The van der Waals surface area contributed by atoms with Crippen LogP contribution < -0.4 is 0 Å². The van der Waals surface area contributed by atoms with E-state index in [0.717, 1.165) is 16.5 Å². The number of halogens is 2. The summed E-state index contributed by atoms with van der Waals surface area (Å²) in [5.74, 6) is -1.98. The van der Waals surface area contributed by atoms with Crippen molar-refractivity contribution < 1.29 is 14.3 Å². The molecule has 1 unspecified atom stereocenters. The quantitative estimate of drug-likeness (QED) is 0.728. The molecule has 0 saturated heterocycles. The highest BCUT2D eigenvalue weighted by Crippen LogP contribution is 2.36. The number of rotatable bonds is 3. The molecule has 0 radical (unpaired) electrons. The van der Waals surface area contributed by atoms with Gasteiger partial charge in [-0.1, -0.05) is 11.6 Å². The summed E-state index contributed by atoms with van der Waals surface area (Å²) in [6.45, 7) is 1.62. The molecule has 1 atom stereocenters. The highest BCUT2D eigenvalue weighted by atomic mass is 35.5. The molecule has 0 saturated carbocycles. The van der Waals surface area contributed by atoms with Crippen molar-refractivity contribution in [3.8, 4) is 11.3 Å². The van der Waals surface area contributed by atoms with Crippen LogP contribution in [0.1, 0.15) is 18.4 Å². The van der Waals surface area contributed by atoms with Crippen molar-refractivity contribution in [2.75, 3.05) is 0 Å². The topological polar surface area (TPSA) is 53.1 Å². The zero-order valence-corrected chi connectivity index (χ0v) is 12.5. The maximum atomic E-state index is 13.1. The number of aromatic nitrogens is 1. The molecule has 3 nitrogen and oxygen atoms in total. The van der Waals surface area contributed by atoms with Gasteiger partial charge in [-0.3, -0.25) is 4.79 Å². The lowest BCUT2D eigenvalue weighted by atomic mass is 9.95. The van der Waals surface area contributed by atoms with Gasteiger partial charge in [0.1, 0.15) is 5.82 Å². The van der Waals surface area contributed by atoms with E-state index in [2.05, 4.69) is 4.98 Å². The van der Waals surface area contributed by atoms with Gasteiger partial charge >= 0.3 is 5.97 Å². The number of carboxylic acids is 1. The summed E-state index contributed by atoms with van der Waals surface area (Å²) in [5.41, 5.74) is 2.85. The first-order chi connectivity index (χ1) is 10.5. The molecule has 3 rings (SSSR count). The van der Waals surface area contributed by atoms with Gasteiger partial charge < -0.3 is 10.1 Å². The Hall–Kier alpha value is -2.33. The van der Waals surface area contributed by atoms with Crippen LogP contribution in [-0.2, 0) is 4.79 Å². The zero-order valence-electron chi connectivity index (χ0n) is 11.7. The van der Waals surface area contributed by atoms with Gasteiger partial charge in [0.15, 0.2) is 0 Å². The maximum absolute atomic E-state index is 13.1. The van der Waals surface area contributed by atoms with E-state index in [1.807, 2.05) is 6.07 Å².